The maximum absolute atomic E-state index is 11.7. The molecule has 0 saturated carbocycles. The van der Waals surface area contributed by atoms with Crippen LogP contribution in [0.15, 0.2) is 48.1 Å². The van der Waals surface area contributed by atoms with Gasteiger partial charge in [0.15, 0.2) is 0 Å². The summed E-state index contributed by atoms with van der Waals surface area (Å²) in [5, 5.41) is 8.52. The maximum atomic E-state index is 11.7. The molecule has 5 heteroatoms. The summed E-state index contributed by atoms with van der Waals surface area (Å²) in [7, 11) is 0. The summed E-state index contributed by atoms with van der Waals surface area (Å²) in [6.07, 6.45) is 11.0. The fourth-order valence-electron chi connectivity index (χ4n) is 1.49. The van der Waals surface area contributed by atoms with Crippen LogP contribution in [0, 0.1) is 23.7 Å². The Hall–Kier alpha value is -3.02. The smallest absolute Gasteiger partial charge is 0.331 e. The molecule has 0 aromatic carbocycles. The summed E-state index contributed by atoms with van der Waals surface area (Å²) in [4.78, 5) is 22.6. The largest absolute Gasteiger partial charge is 0.466 e. The van der Waals surface area contributed by atoms with Crippen molar-refractivity contribution in [2.75, 3.05) is 13.2 Å². The molecule has 0 fully saturated rings. The highest BCUT2D eigenvalue weighted by molar-refractivity contribution is 5.82. The van der Waals surface area contributed by atoms with Gasteiger partial charge in [-0.1, -0.05) is 35.6 Å². The van der Waals surface area contributed by atoms with Crippen LogP contribution < -0.4 is 0 Å². The lowest BCUT2D eigenvalue weighted by Gasteiger charge is -2.13. The Balaban J connectivity index is 4.66. The zero-order valence-electron chi connectivity index (χ0n) is 15.3. The summed E-state index contributed by atoms with van der Waals surface area (Å²) < 4.78 is 10.2. The molecule has 0 aromatic rings. The van der Waals surface area contributed by atoms with Crippen LogP contribution in [0.3, 0.4) is 0 Å². The van der Waals surface area contributed by atoms with Crippen molar-refractivity contribution in [2.24, 2.45) is 0 Å². The number of hydrogen-bond acceptors (Lipinski definition) is 5. The van der Waals surface area contributed by atoms with Gasteiger partial charge < -0.3 is 14.6 Å². The molecule has 0 amide bonds. The van der Waals surface area contributed by atoms with Gasteiger partial charge in [0.25, 0.3) is 0 Å². The Kier molecular flexibility index (Phi) is 13.7. The SMILES string of the molecule is CC(=O)OCCC(/C=C/C=C\C#CC#C/C=C/CO)OC(=O)C=C(C)C. The maximum Gasteiger partial charge on any atom is 0.331 e. The lowest BCUT2D eigenvalue weighted by Crippen LogP contribution is -2.17. The minimum Gasteiger partial charge on any atom is -0.466 e. The van der Waals surface area contributed by atoms with Gasteiger partial charge in [-0.3, -0.25) is 4.79 Å². The van der Waals surface area contributed by atoms with Crippen LogP contribution in [0.4, 0.5) is 0 Å². The molecule has 0 radical (unpaired) electrons. The second-order valence-electron chi connectivity index (χ2n) is 5.19. The van der Waals surface area contributed by atoms with E-state index >= 15 is 0 Å². The molecule has 0 saturated heterocycles. The molecule has 0 bridgehead atoms. The molecule has 138 valence electrons. The number of ether oxygens (including phenoxy) is 2. The normalized spacial score (nSPS) is 11.4. The highest BCUT2D eigenvalue weighted by Crippen LogP contribution is 2.04. The molecule has 0 aliphatic carbocycles. The molecule has 0 aliphatic heterocycles. The van der Waals surface area contributed by atoms with Crippen molar-refractivity contribution in [1.82, 2.24) is 0 Å². The van der Waals surface area contributed by atoms with Crippen LogP contribution in [-0.4, -0.2) is 36.4 Å². The minimum atomic E-state index is -0.515. The van der Waals surface area contributed by atoms with Gasteiger partial charge >= 0.3 is 11.9 Å². The van der Waals surface area contributed by atoms with E-state index < -0.39 is 12.1 Å². The predicted octanol–water partition coefficient (Wildman–Crippen LogP) is 2.49. The van der Waals surface area contributed by atoms with Crippen LogP contribution in [0.2, 0.25) is 0 Å². The molecule has 0 aliphatic rings. The van der Waals surface area contributed by atoms with Crippen molar-refractivity contribution in [1.29, 1.82) is 0 Å². The average molecular weight is 356 g/mol. The van der Waals surface area contributed by atoms with Gasteiger partial charge in [-0.15, -0.1) is 0 Å². The second kappa shape index (κ2) is 15.5. The lowest BCUT2D eigenvalue weighted by molar-refractivity contribution is -0.144. The first kappa shape index (κ1) is 23.0. The topological polar surface area (TPSA) is 72.8 Å². The first-order valence-electron chi connectivity index (χ1n) is 8.04. The second-order valence-corrected chi connectivity index (χ2v) is 5.19. The van der Waals surface area contributed by atoms with Gasteiger partial charge in [0.05, 0.1) is 13.2 Å². The third kappa shape index (κ3) is 15.9. The van der Waals surface area contributed by atoms with Crippen LogP contribution >= 0.6 is 0 Å². The third-order valence-electron chi connectivity index (χ3n) is 2.51. The molecule has 5 nitrogen and oxygen atoms in total. The fourth-order valence-corrected chi connectivity index (χ4v) is 1.49. The average Bonchev–Trinajstić information content (AvgIpc) is 2.55. The quantitative estimate of drug-likeness (QED) is 0.313. The van der Waals surface area contributed by atoms with Crippen molar-refractivity contribution in [3.05, 3.63) is 48.1 Å². The summed E-state index contributed by atoms with van der Waals surface area (Å²) in [6, 6.07) is 0. The Labute approximate surface area is 155 Å². The van der Waals surface area contributed by atoms with Crippen molar-refractivity contribution in [3.8, 4) is 23.7 Å². The number of aliphatic hydroxyl groups excluding tert-OH is 1. The Bertz CT molecular complexity index is 683. The third-order valence-corrected chi connectivity index (χ3v) is 2.51. The molecule has 0 spiro atoms. The van der Waals surface area contributed by atoms with E-state index in [-0.39, 0.29) is 19.2 Å². The zero-order valence-corrected chi connectivity index (χ0v) is 15.3. The molecular formula is C21H24O5. The number of hydrogen-bond donors (Lipinski definition) is 1. The minimum absolute atomic E-state index is 0.0520. The van der Waals surface area contributed by atoms with Gasteiger partial charge in [0.1, 0.15) is 6.10 Å². The zero-order chi connectivity index (χ0) is 19.6. The van der Waals surface area contributed by atoms with E-state index in [0.717, 1.165) is 5.57 Å². The van der Waals surface area contributed by atoms with Crippen molar-refractivity contribution in [2.45, 2.75) is 33.3 Å². The molecule has 1 atom stereocenters. The van der Waals surface area contributed by atoms with E-state index in [1.165, 1.54) is 25.2 Å². The van der Waals surface area contributed by atoms with E-state index in [9.17, 15) is 9.59 Å². The molecule has 0 aromatic heterocycles. The van der Waals surface area contributed by atoms with E-state index in [4.69, 9.17) is 14.6 Å². The number of carbonyl (C=O) groups excluding carboxylic acids is 2. The summed E-state index contributed by atoms with van der Waals surface area (Å²) in [5.41, 5.74) is 0.836. The molecule has 1 N–H and O–H groups in total. The van der Waals surface area contributed by atoms with E-state index in [1.54, 1.807) is 38.2 Å². The number of rotatable bonds is 8. The van der Waals surface area contributed by atoms with Crippen LogP contribution in [0.5, 0.6) is 0 Å². The highest BCUT2D eigenvalue weighted by atomic mass is 16.6. The predicted molar refractivity (Wildman–Crippen MR) is 101 cm³/mol. The molecule has 0 heterocycles. The number of aliphatic hydroxyl groups is 1. The number of allylic oxidation sites excluding steroid dienone is 5. The Morgan fingerprint density at radius 1 is 1.08 bits per heavy atom. The monoisotopic (exact) mass is 356 g/mol. The Morgan fingerprint density at radius 2 is 1.77 bits per heavy atom. The fraction of sp³-hybridized carbons (Fsp3) is 0.333. The van der Waals surface area contributed by atoms with Crippen LogP contribution in [0.25, 0.3) is 0 Å². The summed E-state index contributed by atoms with van der Waals surface area (Å²) in [5.74, 6) is 9.75. The highest BCUT2D eigenvalue weighted by Gasteiger charge is 2.10. The first-order chi connectivity index (χ1) is 12.5. The molecule has 1 unspecified atom stereocenters. The van der Waals surface area contributed by atoms with E-state index in [0.29, 0.717) is 6.42 Å². The van der Waals surface area contributed by atoms with E-state index in [1.807, 2.05) is 0 Å². The van der Waals surface area contributed by atoms with E-state index in [2.05, 4.69) is 23.7 Å². The molecule has 26 heavy (non-hydrogen) atoms. The lowest BCUT2D eigenvalue weighted by atomic mass is 10.2. The van der Waals surface area contributed by atoms with Gasteiger partial charge in [-0.25, -0.2) is 4.79 Å². The number of carbonyl (C=O) groups is 2. The first-order valence-corrected chi connectivity index (χ1v) is 8.04. The van der Waals surface area contributed by atoms with Crippen LogP contribution in [0.1, 0.15) is 27.2 Å². The molecule has 0 rings (SSSR count). The van der Waals surface area contributed by atoms with Crippen molar-refractivity contribution >= 4 is 11.9 Å². The summed E-state index contributed by atoms with van der Waals surface area (Å²) in [6.45, 7) is 5.03. The van der Waals surface area contributed by atoms with Crippen LogP contribution in [-0.2, 0) is 19.1 Å². The standard InChI is InChI=1S/C21H24O5/c1-18(2)17-21(24)26-20(14-16-25-19(3)23)13-11-9-7-5-4-6-8-10-12-15-22/h7,9-13,17,20,22H,14-16H2,1-3H3/b9-7-,12-10+,13-11+. The van der Waals surface area contributed by atoms with Crippen molar-refractivity contribution in [3.63, 3.8) is 0 Å². The summed E-state index contributed by atoms with van der Waals surface area (Å²) >= 11 is 0. The number of esters is 2. The van der Waals surface area contributed by atoms with Crippen molar-refractivity contribution < 1.29 is 24.2 Å². The van der Waals surface area contributed by atoms with Gasteiger partial charge in [-0.05, 0) is 43.9 Å². The van der Waals surface area contributed by atoms with Gasteiger partial charge in [0, 0.05) is 19.4 Å². The Morgan fingerprint density at radius 3 is 2.38 bits per heavy atom. The van der Waals surface area contributed by atoms with Gasteiger partial charge in [0.2, 0.25) is 0 Å². The van der Waals surface area contributed by atoms with Gasteiger partial charge in [-0.2, -0.15) is 0 Å². The molecular weight excluding hydrogens is 332 g/mol.